The van der Waals surface area contributed by atoms with Crippen molar-refractivity contribution in [3.63, 3.8) is 0 Å². The van der Waals surface area contributed by atoms with E-state index in [1.807, 2.05) is 16.9 Å². The molecule has 2 heterocycles. The molecule has 0 radical (unpaired) electrons. The maximum atomic E-state index is 11.7. The van der Waals surface area contributed by atoms with Crippen molar-refractivity contribution in [2.45, 2.75) is 39.0 Å². The third-order valence-corrected chi connectivity index (χ3v) is 3.62. The molecule has 0 saturated carbocycles. The van der Waals surface area contributed by atoms with Gasteiger partial charge in [-0.25, -0.2) is 4.79 Å². The number of urea groups is 1. The van der Waals surface area contributed by atoms with Crippen LogP contribution in [0.1, 0.15) is 20.3 Å². The first kappa shape index (κ1) is 16.8. The summed E-state index contributed by atoms with van der Waals surface area (Å²) >= 11 is 0. The van der Waals surface area contributed by atoms with Crippen molar-refractivity contribution >= 4 is 6.03 Å². The van der Waals surface area contributed by atoms with Gasteiger partial charge in [0.1, 0.15) is 0 Å². The molecule has 0 aromatic carbocycles. The first-order chi connectivity index (χ1) is 10.6. The maximum absolute atomic E-state index is 11.7. The molecule has 1 fully saturated rings. The first-order valence-corrected chi connectivity index (χ1v) is 8.00. The van der Waals surface area contributed by atoms with Crippen LogP contribution in [0.3, 0.4) is 0 Å². The largest absolute Gasteiger partial charge is 0.373 e. The Bertz CT molecular complexity index is 427. The molecule has 7 nitrogen and oxygen atoms in total. The van der Waals surface area contributed by atoms with Crippen LogP contribution in [-0.2, 0) is 11.3 Å². The highest BCUT2D eigenvalue weighted by molar-refractivity contribution is 5.73. The fourth-order valence-corrected chi connectivity index (χ4v) is 2.73. The van der Waals surface area contributed by atoms with Crippen LogP contribution >= 0.6 is 0 Å². The Morgan fingerprint density at radius 3 is 2.64 bits per heavy atom. The van der Waals surface area contributed by atoms with E-state index in [-0.39, 0.29) is 18.2 Å². The van der Waals surface area contributed by atoms with Crippen LogP contribution in [-0.4, -0.2) is 65.6 Å². The van der Waals surface area contributed by atoms with Gasteiger partial charge in [-0.05, 0) is 26.3 Å². The number of hydrogen-bond acceptors (Lipinski definition) is 4. The van der Waals surface area contributed by atoms with E-state index >= 15 is 0 Å². The van der Waals surface area contributed by atoms with Crippen LogP contribution < -0.4 is 10.6 Å². The molecule has 1 aromatic heterocycles. The Morgan fingerprint density at radius 2 is 1.95 bits per heavy atom. The van der Waals surface area contributed by atoms with E-state index in [2.05, 4.69) is 34.5 Å². The van der Waals surface area contributed by atoms with Crippen molar-refractivity contribution in [1.29, 1.82) is 0 Å². The molecule has 0 aliphatic carbocycles. The minimum Gasteiger partial charge on any atom is -0.373 e. The summed E-state index contributed by atoms with van der Waals surface area (Å²) in [5, 5.41) is 9.88. The van der Waals surface area contributed by atoms with E-state index in [1.54, 1.807) is 6.20 Å². The van der Waals surface area contributed by atoms with Gasteiger partial charge in [0.25, 0.3) is 0 Å². The minimum atomic E-state index is -0.102. The smallest absolute Gasteiger partial charge is 0.314 e. The Morgan fingerprint density at radius 1 is 1.23 bits per heavy atom. The highest BCUT2D eigenvalue weighted by Crippen LogP contribution is 2.09. The van der Waals surface area contributed by atoms with Crippen LogP contribution in [0.15, 0.2) is 18.5 Å². The second-order valence-electron chi connectivity index (χ2n) is 5.82. The maximum Gasteiger partial charge on any atom is 0.314 e. The molecule has 2 N–H and O–H groups in total. The summed E-state index contributed by atoms with van der Waals surface area (Å²) < 4.78 is 7.55. The van der Waals surface area contributed by atoms with Gasteiger partial charge in [-0.2, -0.15) is 5.10 Å². The lowest BCUT2D eigenvalue weighted by Crippen LogP contribution is -2.48. The molecule has 1 aliphatic rings. The van der Waals surface area contributed by atoms with Gasteiger partial charge < -0.3 is 15.4 Å². The van der Waals surface area contributed by atoms with Crippen LogP contribution in [0.5, 0.6) is 0 Å². The third-order valence-electron chi connectivity index (χ3n) is 3.62. The minimum absolute atomic E-state index is 0.102. The molecule has 0 bridgehead atoms. The molecule has 0 unspecified atom stereocenters. The van der Waals surface area contributed by atoms with E-state index in [4.69, 9.17) is 4.74 Å². The first-order valence-electron chi connectivity index (χ1n) is 8.00. The zero-order valence-corrected chi connectivity index (χ0v) is 13.5. The van der Waals surface area contributed by atoms with Gasteiger partial charge in [0, 0.05) is 51.7 Å². The summed E-state index contributed by atoms with van der Waals surface area (Å²) in [7, 11) is 0. The van der Waals surface area contributed by atoms with E-state index in [0.29, 0.717) is 13.1 Å². The number of morpholine rings is 1. The van der Waals surface area contributed by atoms with Gasteiger partial charge in [-0.3, -0.25) is 9.58 Å². The van der Waals surface area contributed by atoms with Crippen LogP contribution in [0, 0.1) is 0 Å². The zero-order chi connectivity index (χ0) is 15.8. The number of aryl methyl sites for hydroxylation is 1. The van der Waals surface area contributed by atoms with Crippen molar-refractivity contribution in [2.24, 2.45) is 0 Å². The number of carbonyl (C=O) groups excluding carboxylic acids is 1. The SMILES string of the molecule is C[C@@H]1CN(CCNC(=O)NCCCn2cccn2)C[C@H](C)O1. The molecule has 124 valence electrons. The number of nitrogens with one attached hydrogen (secondary N) is 2. The van der Waals surface area contributed by atoms with Gasteiger partial charge in [-0.15, -0.1) is 0 Å². The summed E-state index contributed by atoms with van der Waals surface area (Å²) in [6.07, 6.45) is 5.07. The van der Waals surface area contributed by atoms with Crippen molar-refractivity contribution in [3.8, 4) is 0 Å². The van der Waals surface area contributed by atoms with Crippen LogP contribution in [0.2, 0.25) is 0 Å². The van der Waals surface area contributed by atoms with E-state index in [1.165, 1.54) is 0 Å². The molecule has 2 amide bonds. The van der Waals surface area contributed by atoms with E-state index in [0.717, 1.165) is 32.6 Å². The van der Waals surface area contributed by atoms with E-state index in [9.17, 15) is 4.79 Å². The van der Waals surface area contributed by atoms with E-state index < -0.39 is 0 Å². The molecular formula is C15H27N5O2. The fraction of sp³-hybridized carbons (Fsp3) is 0.733. The average Bonchev–Trinajstić information content (AvgIpc) is 2.96. The Labute approximate surface area is 132 Å². The monoisotopic (exact) mass is 309 g/mol. The second-order valence-corrected chi connectivity index (χ2v) is 5.82. The van der Waals surface area contributed by atoms with Gasteiger partial charge in [0.05, 0.1) is 12.2 Å². The topological polar surface area (TPSA) is 71.4 Å². The molecule has 1 saturated heterocycles. The summed E-state index contributed by atoms with van der Waals surface area (Å²) in [6, 6.07) is 1.79. The summed E-state index contributed by atoms with van der Waals surface area (Å²) in [5.41, 5.74) is 0. The molecule has 7 heteroatoms. The molecule has 1 aliphatic heterocycles. The molecule has 1 aromatic rings. The summed E-state index contributed by atoms with van der Waals surface area (Å²) in [4.78, 5) is 14.0. The predicted molar refractivity (Wildman–Crippen MR) is 84.7 cm³/mol. The van der Waals surface area contributed by atoms with Crippen molar-refractivity contribution in [2.75, 3.05) is 32.7 Å². The van der Waals surface area contributed by atoms with Crippen molar-refractivity contribution in [1.82, 2.24) is 25.3 Å². The predicted octanol–water partition coefficient (Wildman–Crippen LogP) is 0.682. The zero-order valence-electron chi connectivity index (χ0n) is 13.5. The molecule has 0 spiro atoms. The van der Waals surface area contributed by atoms with Crippen LogP contribution in [0.4, 0.5) is 4.79 Å². The van der Waals surface area contributed by atoms with Crippen molar-refractivity contribution in [3.05, 3.63) is 18.5 Å². The molecule has 22 heavy (non-hydrogen) atoms. The number of amides is 2. The van der Waals surface area contributed by atoms with Gasteiger partial charge in [0.2, 0.25) is 0 Å². The molecule has 2 atom stereocenters. The lowest BCUT2D eigenvalue weighted by atomic mass is 10.2. The number of hydrogen-bond donors (Lipinski definition) is 2. The molecule has 2 rings (SSSR count). The fourth-order valence-electron chi connectivity index (χ4n) is 2.73. The van der Waals surface area contributed by atoms with Gasteiger partial charge in [0.15, 0.2) is 0 Å². The number of aromatic nitrogens is 2. The second kappa shape index (κ2) is 8.75. The van der Waals surface area contributed by atoms with Gasteiger partial charge in [-0.1, -0.05) is 0 Å². The number of carbonyl (C=O) groups is 1. The Kier molecular flexibility index (Phi) is 6.67. The van der Waals surface area contributed by atoms with Crippen LogP contribution in [0.25, 0.3) is 0 Å². The quantitative estimate of drug-likeness (QED) is 0.727. The normalized spacial score (nSPS) is 22.5. The summed E-state index contributed by atoms with van der Waals surface area (Å²) in [5.74, 6) is 0. The average molecular weight is 309 g/mol. The highest BCUT2D eigenvalue weighted by Gasteiger charge is 2.21. The van der Waals surface area contributed by atoms with Crippen molar-refractivity contribution < 1.29 is 9.53 Å². The number of rotatable bonds is 7. The lowest BCUT2D eigenvalue weighted by molar-refractivity contribution is -0.0672. The van der Waals surface area contributed by atoms with Gasteiger partial charge >= 0.3 is 6.03 Å². The molecular weight excluding hydrogens is 282 g/mol. The Balaban J connectivity index is 1.50. The highest BCUT2D eigenvalue weighted by atomic mass is 16.5. The number of nitrogens with zero attached hydrogens (tertiary/aromatic N) is 3. The third kappa shape index (κ3) is 6.03. The Hall–Kier alpha value is -1.60. The lowest BCUT2D eigenvalue weighted by Gasteiger charge is -2.35. The standard InChI is InChI=1S/C15H27N5O2/c1-13-11-19(12-14(2)22-13)10-7-17-15(21)16-5-3-8-20-9-4-6-18-20/h4,6,9,13-14H,3,5,7-8,10-12H2,1-2H3,(H2,16,17,21)/t13-,14+. The number of ether oxygens (including phenoxy) is 1. The summed E-state index contributed by atoms with van der Waals surface area (Å²) in [6.45, 7) is 9.01.